The van der Waals surface area contributed by atoms with Crippen molar-refractivity contribution < 1.29 is 18.9 Å². The molecule has 3 aliphatic heterocycles. The first-order valence-corrected chi connectivity index (χ1v) is 7.32. The molecular formula is C14H24O4. The monoisotopic (exact) mass is 256 g/mol. The van der Waals surface area contributed by atoms with E-state index < -0.39 is 5.97 Å². The van der Waals surface area contributed by atoms with Gasteiger partial charge in [-0.05, 0) is 12.8 Å². The highest BCUT2D eigenvalue weighted by Gasteiger charge is 2.54. The molecule has 0 atom stereocenters. The molecule has 4 bridgehead atoms. The van der Waals surface area contributed by atoms with Crippen LogP contribution in [0.25, 0.3) is 0 Å². The van der Waals surface area contributed by atoms with Crippen LogP contribution in [-0.2, 0) is 18.9 Å². The van der Waals surface area contributed by atoms with Crippen LogP contribution >= 0.6 is 0 Å². The molecule has 4 heteroatoms. The van der Waals surface area contributed by atoms with E-state index in [-0.39, 0.29) is 0 Å². The highest BCUT2D eigenvalue weighted by Crippen LogP contribution is 2.46. The summed E-state index contributed by atoms with van der Waals surface area (Å²) >= 11 is 0. The van der Waals surface area contributed by atoms with Gasteiger partial charge in [0.25, 0.3) is 5.97 Å². The Morgan fingerprint density at radius 3 is 2.00 bits per heavy atom. The third-order valence-electron chi connectivity index (χ3n) is 4.20. The molecule has 18 heavy (non-hydrogen) atoms. The molecule has 0 aromatic carbocycles. The highest BCUT2D eigenvalue weighted by atomic mass is 16.9. The second-order valence-corrected chi connectivity index (χ2v) is 5.77. The Morgan fingerprint density at radius 2 is 1.44 bits per heavy atom. The zero-order valence-electron chi connectivity index (χ0n) is 11.2. The van der Waals surface area contributed by atoms with Crippen molar-refractivity contribution >= 4 is 0 Å². The third kappa shape index (κ3) is 2.72. The number of hydrogen-bond donors (Lipinski definition) is 0. The van der Waals surface area contributed by atoms with Crippen LogP contribution in [0.3, 0.4) is 0 Å². The Kier molecular flexibility index (Phi) is 3.89. The average molecular weight is 256 g/mol. The SMILES string of the molecule is COCCCCCCC12OC3CC(CC(C3)O1)O2. The van der Waals surface area contributed by atoms with Gasteiger partial charge in [0.15, 0.2) is 0 Å². The fraction of sp³-hybridized carbons (Fsp3) is 1.00. The van der Waals surface area contributed by atoms with Gasteiger partial charge in [-0.15, -0.1) is 0 Å². The summed E-state index contributed by atoms with van der Waals surface area (Å²) in [6.07, 6.45) is 9.86. The van der Waals surface area contributed by atoms with Gasteiger partial charge < -0.3 is 18.9 Å². The molecule has 0 radical (unpaired) electrons. The molecule has 0 N–H and O–H groups in total. The quantitative estimate of drug-likeness (QED) is 0.656. The van der Waals surface area contributed by atoms with E-state index in [1.165, 1.54) is 12.8 Å². The molecule has 1 saturated carbocycles. The van der Waals surface area contributed by atoms with Gasteiger partial charge >= 0.3 is 0 Å². The van der Waals surface area contributed by atoms with Crippen LogP contribution in [0.2, 0.25) is 0 Å². The molecule has 104 valence electrons. The Labute approximate surface area is 109 Å². The first kappa shape index (κ1) is 12.9. The Hall–Kier alpha value is -0.160. The summed E-state index contributed by atoms with van der Waals surface area (Å²) < 4.78 is 23.0. The fourth-order valence-electron chi connectivity index (χ4n) is 3.42. The molecule has 0 aromatic rings. The number of methoxy groups -OCH3 is 1. The maximum Gasteiger partial charge on any atom is 0.283 e. The van der Waals surface area contributed by atoms with E-state index >= 15 is 0 Å². The van der Waals surface area contributed by atoms with E-state index in [0.29, 0.717) is 18.3 Å². The third-order valence-corrected chi connectivity index (χ3v) is 4.20. The van der Waals surface area contributed by atoms with Crippen LogP contribution in [0.15, 0.2) is 0 Å². The zero-order valence-corrected chi connectivity index (χ0v) is 11.2. The number of hydrogen-bond acceptors (Lipinski definition) is 4. The summed E-state index contributed by atoms with van der Waals surface area (Å²) in [5.74, 6) is -0.685. The zero-order chi connectivity index (χ0) is 12.4. The van der Waals surface area contributed by atoms with Crippen LogP contribution in [0.4, 0.5) is 0 Å². The van der Waals surface area contributed by atoms with Gasteiger partial charge in [0.1, 0.15) is 0 Å². The lowest BCUT2D eigenvalue weighted by Gasteiger charge is -2.55. The van der Waals surface area contributed by atoms with Crippen molar-refractivity contribution in [2.75, 3.05) is 13.7 Å². The Bertz CT molecular complexity index is 244. The van der Waals surface area contributed by atoms with Gasteiger partial charge in [0.05, 0.1) is 18.3 Å². The van der Waals surface area contributed by atoms with E-state index in [9.17, 15) is 0 Å². The van der Waals surface area contributed by atoms with Gasteiger partial charge in [-0.3, -0.25) is 0 Å². The van der Waals surface area contributed by atoms with Gasteiger partial charge in [0, 0.05) is 39.4 Å². The summed E-state index contributed by atoms with van der Waals surface area (Å²) in [6, 6.07) is 0. The molecule has 3 saturated heterocycles. The maximum atomic E-state index is 5.97. The van der Waals surface area contributed by atoms with Crippen LogP contribution in [0, 0.1) is 0 Å². The average Bonchev–Trinajstić information content (AvgIpc) is 2.32. The van der Waals surface area contributed by atoms with Crippen molar-refractivity contribution in [2.45, 2.75) is 75.7 Å². The largest absolute Gasteiger partial charge is 0.385 e. The first-order chi connectivity index (χ1) is 8.80. The lowest BCUT2D eigenvalue weighted by Crippen LogP contribution is -2.62. The summed E-state index contributed by atoms with van der Waals surface area (Å²) in [5.41, 5.74) is 0. The fourth-order valence-corrected chi connectivity index (χ4v) is 3.42. The number of ether oxygens (including phenoxy) is 4. The molecule has 4 nitrogen and oxygen atoms in total. The van der Waals surface area contributed by atoms with Gasteiger partial charge in [-0.2, -0.15) is 0 Å². The molecule has 0 unspecified atom stereocenters. The van der Waals surface area contributed by atoms with Crippen LogP contribution in [0.1, 0.15) is 51.4 Å². The predicted octanol–water partition coefficient (Wildman–Crippen LogP) is 2.60. The lowest BCUT2D eigenvalue weighted by molar-refractivity contribution is -0.495. The summed E-state index contributed by atoms with van der Waals surface area (Å²) in [5, 5.41) is 0. The number of unbranched alkanes of at least 4 members (excludes halogenated alkanes) is 3. The van der Waals surface area contributed by atoms with Crippen LogP contribution in [0.5, 0.6) is 0 Å². The van der Waals surface area contributed by atoms with Crippen molar-refractivity contribution in [3.05, 3.63) is 0 Å². The van der Waals surface area contributed by atoms with E-state index in [0.717, 1.165) is 45.1 Å². The molecule has 4 rings (SSSR count). The first-order valence-electron chi connectivity index (χ1n) is 7.32. The minimum Gasteiger partial charge on any atom is -0.385 e. The highest BCUT2D eigenvalue weighted by molar-refractivity contribution is 4.91. The normalized spacial score (nSPS) is 41.5. The second-order valence-electron chi connectivity index (χ2n) is 5.77. The van der Waals surface area contributed by atoms with Crippen LogP contribution < -0.4 is 0 Å². The second kappa shape index (κ2) is 5.45. The predicted molar refractivity (Wildman–Crippen MR) is 66.2 cm³/mol. The van der Waals surface area contributed by atoms with Crippen molar-refractivity contribution in [3.8, 4) is 0 Å². The van der Waals surface area contributed by atoms with Gasteiger partial charge in [-0.25, -0.2) is 0 Å². The molecule has 4 fully saturated rings. The summed E-state index contributed by atoms with van der Waals surface area (Å²) in [6.45, 7) is 0.862. The molecule has 0 spiro atoms. The van der Waals surface area contributed by atoms with Crippen molar-refractivity contribution in [1.82, 2.24) is 0 Å². The smallest absolute Gasteiger partial charge is 0.283 e. The van der Waals surface area contributed by atoms with E-state index in [2.05, 4.69) is 0 Å². The Morgan fingerprint density at radius 1 is 0.889 bits per heavy atom. The molecule has 0 amide bonds. The molecular weight excluding hydrogens is 232 g/mol. The Balaban J connectivity index is 1.42. The van der Waals surface area contributed by atoms with Crippen molar-refractivity contribution in [2.24, 2.45) is 0 Å². The van der Waals surface area contributed by atoms with Crippen molar-refractivity contribution in [1.29, 1.82) is 0 Å². The van der Waals surface area contributed by atoms with Crippen LogP contribution in [-0.4, -0.2) is 38.0 Å². The minimum atomic E-state index is -0.685. The van der Waals surface area contributed by atoms with E-state index in [4.69, 9.17) is 18.9 Å². The molecule has 3 heterocycles. The standard InChI is InChI=1S/C14H24O4/c1-15-7-5-3-2-4-6-14-16-11-8-12(17-14)10-13(9-11)18-14/h11-13H,2-10H2,1H3. The lowest BCUT2D eigenvalue weighted by atomic mass is 9.88. The summed E-state index contributed by atoms with van der Waals surface area (Å²) in [7, 11) is 1.75. The molecule has 4 aliphatic rings. The maximum absolute atomic E-state index is 5.97. The minimum absolute atomic E-state index is 0.379. The molecule has 0 aromatic heterocycles. The summed E-state index contributed by atoms with van der Waals surface area (Å²) in [4.78, 5) is 0. The van der Waals surface area contributed by atoms with E-state index in [1.807, 2.05) is 0 Å². The van der Waals surface area contributed by atoms with Gasteiger partial charge in [-0.1, -0.05) is 12.8 Å². The number of rotatable bonds is 7. The van der Waals surface area contributed by atoms with Crippen molar-refractivity contribution in [3.63, 3.8) is 0 Å². The van der Waals surface area contributed by atoms with E-state index in [1.54, 1.807) is 7.11 Å². The molecule has 1 aliphatic carbocycles. The topological polar surface area (TPSA) is 36.9 Å². The van der Waals surface area contributed by atoms with Gasteiger partial charge in [0.2, 0.25) is 0 Å².